The highest BCUT2D eigenvalue weighted by atomic mass is 16.4. The van der Waals surface area contributed by atoms with Gasteiger partial charge in [-0.25, -0.2) is 0 Å². The first-order valence-corrected chi connectivity index (χ1v) is 4.80. The second kappa shape index (κ2) is 3.46. The Morgan fingerprint density at radius 1 is 1.50 bits per heavy atom. The Labute approximate surface area is 74.0 Å². The average molecular weight is 170 g/mol. The molecular formula is C10H18O2. The van der Waals surface area contributed by atoms with E-state index in [4.69, 9.17) is 5.11 Å². The van der Waals surface area contributed by atoms with Gasteiger partial charge in [0, 0.05) is 0 Å². The van der Waals surface area contributed by atoms with Crippen molar-refractivity contribution in [2.75, 3.05) is 0 Å². The van der Waals surface area contributed by atoms with Gasteiger partial charge in [0.2, 0.25) is 0 Å². The van der Waals surface area contributed by atoms with Crippen molar-refractivity contribution < 1.29 is 9.90 Å². The molecule has 1 saturated carbocycles. The first-order chi connectivity index (χ1) is 5.57. The van der Waals surface area contributed by atoms with Gasteiger partial charge >= 0.3 is 5.97 Å². The summed E-state index contributed by atoms with van der Waals surface area (Å²) in [4.78, 5) is 10.8. The summed E-state index contributed by atoms with van der Waals surface area (Å²) >= 11 is 0. The molecule has 0 atom stereocenters. The molecule has 0 aromatic rings. The maximum Gasteiger partial charge on any atom is 0.309 e. The highest BCUT2D eigenvalue weighted by Gasteiger charge is 2.49. The van der Waals surface area contributed by atoms with Crippen LogP contribution in [0.25, 0.3) is 0 Å². The Morgan fingerprint density at radius 3 is 2.42 bits per heavy atom. The fraction of sp³-hybridized carbons (Fsp3) is 0.900. The van der Waals surface area contributed by atoms with Crippen LogP contribution in [0.4, 0.5) is 0 Å². The molecule has 0 aliphatic heterocycles. The Bertz CT molecular complexity index is 169. The van der Waals surface area contributed by atoms with Crippen LogP contribution in [-0.4, -0.2) is 11.1 Å². The summed E-state index contributed by atoms with van der Waals surface area (Å²) in [6.45, 7) is 4.36. The van der Waals surface area contributed by atoms with Crippen molar-refractivity contribution in [2.24, 2.45) is 11.3 Å². The summed E-state index contributed by atoms with van der Waals surface area (Å²) in [6, 6.07) is 0. The Kier molecular flexibility index (Phi) is 2.76. The van der Waals surface area contributed by atoms with Gasteiger partial charge in [0.05, 0.1) is 5.41 Å². The van der Waals surface area contributed by atoms with Crippen LogP contribution in [0.3, 0.4) is 0 Å². The van der Waals surface area contributed by atoms with Gasteiger partial charge in [0.1, 0.15) is 0 Å². The third-order valence-corrected chi connectivity index (χ3v) is 2.74. The second-order valence-corrected chi connectivity index (χ2v) is 4.37. The zero-order valence-electron chi connectivity index (χ0n) is 7.97. The van der Waals surface area contributed by atoms with Gasteiger partial charge in [0.25, 0.3) is 0 Å². The number of carboxylic acid groups (broad SMARTS) is 1. The number of hydrogen-bond acceptors (Lipinski definition) is 1. The molecule has 1 aliphatic rings. The van der Waals surface area contributed by atoms with E-state index in [2.05, 4.69) is 13.8 Å². The van der Waals surface area contributed by atoms with Gasteiger partial charge in [-0.1, -0.05) is 26.7 Å². The van der Waals surface area contributed by atoms with Gasteiger partial charge in [-0.05, 0) is 25.2 Å². The topological polar surface area (TPSA) is 37.3 Å². The largest absolute Gasteiger partial charge is 0.481 e. The summed E-state index contributed by atoms with van der Waals surface area (Å²) in [5.74, 6) is 0.126. The molecule has 0 heterocycles. The zero-order chi connectivity index (χ0) is 9.19. The minimum absolute atomic E-state index is 0.297. The number of carboxylic acids is 1. The molecule has 0 amide bonds. The standard InChI is InChI=1S/C10H18O2/c1-8(2)4-3-5-10(6-7-10)9(11)12/h8H,3-7H2,1-2H3,(H,11,12). The van der Waals surface area contributed by atoms with E-state index < -0.39 is 5.97 Å². The molecule has 2 nitrogen and oxygen atoms in total. The van der Waals surface area contributed by atoms with Crippen LogP contribution >= 0.6 is 0 Å². The molecule has 0 aromatic heterocycles. The minimum atomic E-state index is -0.578. The van der Waals surface area contributed by atoms with E-state index in [9.17, 15) is 4.79 Å². The van der Waals surface area contributed by atoms with Crippen molar-refractivity contribution in [3.05, 3.63) is 0 Å². The monoisotopic (exact) mass is 170 g/mol. The van der Waals surface area contributed by atoms with E-state index in [1.54, 1.807) is 0 Å². The summed E-state index contributed by atoms with van der Waals surface area (Å²) in [5.41, 5.74) is -0.297. The lowest BCUT2D eigenvalue weighted by molar-refractivity contribution is -0.143. The highest BCUT2D eigenvalue weighted by Crippen LogP contribution is 2.50. The molecule has 0 unspecified atom stereocenters. The van der Waals surface area contributed by atoms with Crippen LogP contribution in [0.1, 0.15) is 46.0 Å². The van der Waals surface area contributed by atoms with Gasteiger partial charge in [0.15, 0.2) is 0 Å². The lowest BCUT2D eigenvalue weighted by Gasteiger charge is -2.09. The molecule has 0 aromatic carbocycles. The molecule has 0 saturated heterocycles. The van der Waals surface area contributed by atoms with Gasteiger partial charge in [-0.3, -0.25) is 4.79 Å². The molecule has 1 aliphatic carbocycles. The first-order valence-electron chi connectivity index (χ1n) is 4.80. The van der Waals surface area contributed by atoms with Crippen LogP contribution in [0.5, 0.6) is 0 Å². The van der Waals surface area contributed by atoms with Gasteiger partial charge in [-0.15, -0.1) is 0 Å². The van der Waals surface area contributed by atoms with Crippen molar-refractivity contribution in [2.45, 2.75) is 46.0 Å². The molecule has 0 radical (unpaired) electrons. The van der Waals surface area contributed by atoms with Crippen LogP contribution in [-0.2, 0) is 4.79 Å². The molecule has 1 N–H and O–H groups in total. The fourth-order valence-electron chi connectivity index (χ4n) is 1.57. The normalized spacial score (nSPS) is 19.6. The number of aliphatic carboxylic acids is 1. The van der Waals surface area contributed by atoms with Crippen molar-refractivity contribution in [1.82, 2.24) is 0 Å². The van der Waals surface area contributed by atoms with Crippen LogP contribution < -0.4 is 0 Å². The Hall–Kier alpha value is -0.530. The Morgan fingerprint density at radius 2 is 2.08 bits per heavy atom. The lowest BCUT2D eigenvalue weighted by Crippen LogP contribution is -2.14. The predicted molar refractivity (Wildman–Crippen MR) is 48.0 cm³/mol. The molecule has 1 fully saturated rings. The van der Waals surface area contributed by atoms with Crippen LogP contribution in [0, 0.1) is 11.3 Å². The predicted octanol–water partition coefficient (Wildman–Crippen LogP) is 2.68. The fourth-order valence-corrected chi connectivity index (χ4v) is 1.57. The van der Waals surface area contributed by atoms with E-state index in [0.29, 0.717) is 5.92 Å². The van der Waals surface area contributed by atoms with E-state index in [1.807, 2.05) is 0 Å². The first kappa shape index (κ1) is 9.56. The maximum absolute atomic E-state index is 10.8. The van der Waals surface area contributed by atoms with Crippen molar-refractivity contribution in [3.8, 4) is 0 Å². The van der Waals surface area contributed by atoms with Crippen LogP contribution in [0.2, 0.25) is 0 Å². The quantitative estimate of drug-likeness (QED) is 0.688. The minimum Gasteiger partial charge on any atom is -0.481 e. The van der Waals surface area contributed by atoms with E-state index >= 15 is 0 Å². The third-order valence-electron chi connectivity index (χ3n) is 2.74. The molecule has 1 rings (SSSR count). The van der Waals surface area contributed by atoms with E-state index in [-0.39, 0.29) is 5.41 Å². The third kappa shape index (κ3) is 2.23. The number of carbonyl (C=O) groups is 1. The summed E-state index contributed by atoms with van der Waals surface area (Å²) in [7, 11) is 0. The smallest absolute Gasteiger partial charge is 0.309 e. The molecule has 0 spiro atoms. The van der Waals surface area contributed by atoms with Gasteiger partial charge in [-0.2, -0.15) is 0 Å². The number of hydrogen-bond donors (Lipinski definition) is 1. The average Bonchev–Trinajstić information content (AvgIpc) is 2.68. The van der Waals surface area contributed by atoms with E-state index in [0.717, 1.165) is 32.1 Å². The molecular weight excluding hydrogens is 152 g/mol. The SMILES string of the molecule is CC(C)CCCC1(C(=O)O)CC1. The maximum atomic E-state index is 10.8. The molecule has 70 valence electrons. The van der Waals surface area contributed by atoms with E-state index in [1.165, 1.54) is 0 Å². The second-order valence-electron chi connectivity index (χ2n) is 4.37. The zero-order valence-corrected chi connectivity index (χ0v) is 7.97. The van der Waals surface area contributed by atoms with Crippen LogP contribution in [0.15, 0.2) is 0 Å². The number of rotatable bonds is 5. The summed E-state index contributed by atoms with van der Waals surface area (Å²) < 4.78 is 0. The molecule has 2 heteroatoms. The summed E-state index contributed by atoms with van der Waals surface area (Å²) in [5, 5.41) is 8.87. The highest BCUT2D eigenvalue weighted by molar-refractivity contribution is 5.77. The Balaban J connectivity index is 2.19. The lowest BCUT2D eigenvalue weighted by atomic mass is 9.96. The summed E-state index contributed by atoms with van der Waals surface area (Å²) in [6.07, 6.45) is 4.93. The van der Waals surface area contributed by atoms with Crippen molar-refractivity contribution >= 4 is 5.97 Å². The molecule has 12 heavy (non-hydrogen) atoms. The van der Waals surface area contributed by atoms with Crippen molar-refractivity contribution in [1.29, 1.82) is 0 Å². The van der Waals surface area contributed by atoms with Crippen molar-refractivity contribution in [3.63, 3.8) is 0 Å². The van der Waals surface area contributed by atoms with Gasteiger partial charge < -0.3 is 5.11 Å². The molecule has 0 bridgehead atoms.